The molecule has 0 heterocycles. The van der Waals surface area contributed by atoms with Crippen molar-refractivity contribution in [3.63, 3.8) is 0 Å². The highest BCUT2D eigenvalue weighted by atomic mass is 16.5. The van der Waals surface area contributed by atoms with Crippen molar-refractivity contribution in [2.75, 3.05) is 12.4 Å². The molecule has 3 aromatic rings. The van der Waals surface area contributed by atoms with Gasteiger partial charge in [0, 0.05) is 17.3 Å². The molecular formula is C22H21NO4. The van der Waals surface area contributed by atoms with Crippen LogP contribution in [-0.4, -0.2) is 18.1 Å². The number of aromatic hydroxyl groups is 1. The number of ether oxygens (including phenoxy) is 2. The molecule has 0 atom stereocenters. The van der Waals surface area contributed by atoms with Gasteiger partial charge in [0.15, 0.2) is 11.5 Å². The molecule has 138 valence electrons. The van der Waals surface area contributed by atoms with Crippen LogP contribution in [0.25, 0.3) is 0 Å². The number of hydrogen-bond donors (Lipinski definition) is 2. The van der Waals surface area contributed by atoms with Crippen molar-refractivity contribution >= 4 is 11.6 Å². The Hall–Kier alpha value is -3.47. The fourth-order valence-corrected chi connectivity index (χ4v) is 2.56. The molecule has 0 fully saturated rings. The molecule has 5 nitrogen and oxygen atoms in total. The van der Waals surface area contributed by atoms with Crippen molar-refractivity contribution in [2.45, 2.75) is 13.5 Å². The first-order valence-electron chi connectivity index (χ1n) is 8.52. The molecule has 0 radical (unpaired) electrons. The monoisotopic (exact) mass is 363 g/mol. The van der Waals surface area contributed by atoms with E-state index < -0.39 is 0 Å². The van der Waals surface area contributed by atoms with Crippen molar-refractivity contribution in [1.82, 2.24) is 0 Å². The summed E-state index contributed by atoms with van der Waals surface area (Å²) in [5.41, 5.74) is 3.18. The lowest BCUT2D eigenvalue weighted by Gasteiger charge is -2.13. The molecule has 0 bridgehead atoms. The van der Waals surface area contributed by atoms with Gasteiger partial charge in [-0.15, -0.1) is 0 Å². The molecule has 1 amide bonds. The van der Waals surface area contributed by atoms with E-state index in [0.29, 0.717) is 29.4 Å². The van der Waals surface area contributed by atoms with Gasteiger partial charge in [-0.2, -0.15) is 0 Å². The van der Waals surface area contributed by atoms with E-state index in [0.717, 1.165) is 5.56 Å². The first-order valence-corrected chi connectivity index (χ1v) is 8.52. The number of rotatable bonds is 6. The van der Waals surface area contributed by atoms with Crippen molar-refractivity contribution in [3.05, 3.63) is 83.4 Å². The van der Waals surface area contributed by atoms with Crippen LogP contribution in [0.15, 0.2) is 66.7 Å². The summed E-state index contributed by atoms with van der Waals surface area (Å²) in [5.74, 6) is 0.826. The second kappa shape index (κ2) is 8.27. The van der Waals surface area contributed by atoms with Gasteiger partial charge in [-0.3, -0.25) is 4.79 Å². The Morgan fingerprint density at radius 1 is 1.00 bits per heavy atom. The van der Waals surface area contributed by atoms with Gasteiger partial charge in [0.1, 0.15) is 12.4 Å². The molecule has 0 aliphatic carbocycles. The van der Waals surface area contributed by atoms with Crippen LogP contribution in [0.4, 0.5) is 5.69 Å². The zero-order chi connectivity index (χ0) is 19.2. The Morgan fingerprint density at radius 2 is 1.78 bits per heavy atom. The van der Waals surface area contributed by atoms with Crippen LogP contribution in [0, 0.1) is 6.92 Å². The summed E-state index contributed by atoms with van der Waals surface area (Å²) in [4.78, 5) is 12.4. The number of methoxy groups -OCH3 is 1. The van der Waals surface area contributed by atoms with Gasteiger partial charge >= 0.3 is 0 Å². The smallest absolute Gasteiger partial charge is 0.255 e. The average molecular weight is 363 g/mol. The minimum absolute atomic E-state index is 0.0882. The van der Waals surface area contributed by atoms with Crippen LogP contribution in [0.1, 0.15) is 21.5 Å². The van der Waals surface area contributed by atoms with E-state index in [2.05, 4.69) is 5.32 Å². The summed E-state index contributed by atoms with van der Waals surface area (Å²) >= 11 is 0. The van der Waals surface area contributed by atoms with E-state index in [-0.39, 0.29) is 11.7 Å². The highest BCUT2D eigenvalue weighted by Crippen LogP contribution is 2.29. The molecule has 0 saturated heterocycles. The van der Waals surface area contributed by atoms with Gasteiger partial charge in [-0.05, 0) is 42.8 Å². The first-order chi connectivity index (χ1) is 13.0. The maximum Gasteiger partial charge on any atom is 0.255 e. The number of amides is 1. The third kappa shape index (κ3) is 4.79. The maximum atomic E-state index is 12.4. The fraction of sp³-hybridized carbons (Fsp3) is 0.136. The Bertz CT molecular complexity index is 935. The molecule has 27 heavy (non-hydrogen) atoms. The van der Waals surface area contributed by atoms with E-state index in [1.165, 1.54) is 18.7 Å². The van der Waals surface area contributed by atoms with Gasteiger partial charge in [0.25, 0.3) is 5.91 Å². The van der Waals surface area contributed by atoms with Crippen LogP contribution in [0.3, 0.4) is 0 Å². The molecule has 0 unspecified atom stereocenters. The standard InChI is InChI=1S/C22H21NO4/c1-15-6-8-16(9-7-15)14-27-20-11-10-17(12-21(20)26-2)22(25)23-18-4-3-5-19(24)13-18/h3-13,24H,14H2,1-2H3,(H,23,25). The molecule has 5 heteroatoms. The molecule has 2 N–H and O–H groups in total. The summed E-state index contributed by atoms with van der Waals surface area (Å²) in [6.45, 7) is 2.44. The number of carbonyl (C=O) groups excluding carboxylic acids is 1. The normalized spacial score (nSPS) is 10.3. The fourth-order valence-electron chi connectivity index (χ4n) is 2.56. The topological polar surface area (TPSA) is 67.8 Å². The number of aryl methyl sites for hydroxylation is 1. The van der Waals surface area contributed by atoms with E-state index >= 15 is 0 Å². The number of anilines is 1. The summed E-state index contributed by atoms with van der Waals surface area (Å²) < 4.78 is 11.2. The molecular weight excluding hydrogens is 342 g/mol. The molecule has 0 spiro atoms. The summed E-state index contributed by atoms with van der Waals surface area (Å²) in [5, 5.41) is 12.2. The van der Waals surface area contributed by atoms with E-state index in [1.54, 1.807) is 36.4 Å². The van der Waals surface area contributed by atoms with Crippen molar-refractivity contribution in [1.29, 1.82) is 0 Å². The number of phenols is 1. The summed E-state index contributed by atoms with van der Waals surface area (Å²) in [6, 6.07) is 19.5. The lowest BCUT2D eigenvalue weighted by Crippen LogP contribution is -2.12. The predicted octanol–water partition coefficient (Wildman–Crippen LogP) is 4.54. The Kier molecular flexibility index (Phi) is 5.61. The third-order valence-electron chi connectivity index (χ3n) is 4.04. The highest BCUT2D eigenvalue weighted by Gasteiger charge is 2.12. The van der Waals surface area contributed by atoms with Gasteiger partial charge in [-0.1, -0.05) is 35.9 Å². The second-order valence-corrected chi connectivity index (χ2v) is 6.14. The summed E-state index contributed by atoms with van der Waals surface area (Å²) in [6.07, 6.45) is 0. The van der Waals surface area contributed by atoms with Crippen LogP contribution in [-0.2, 0) is 6.61 Å². The van der Waals surface area contributed by atoms with Crippen molar-refractivity contribution < 1.29 is 19.4 Å². The van der Waals surface area contributed by atoms with E-state index in [4.69, 9.17) is 9.47 Å². The highest BCUT2D eigenvalue weighted by molar-refractivity contribution is 6.04. The zero-order valence-electron chi connectivity index (χ0n) is 15.2. The van der Waals surface area contributed by atoms with Crippen LogP contribution in [0.2, 0.25) is 0 Å². The van der Waals surface area contributed by atoms with Crippen LogP contribution < -0.4 is 14.8 Å². The molecule has 3 aromatic carbocycles. The quantitative estimate of drug-likeness (QED) is 0.675. The number of carbonyl (C=O) groups is 1. The van der Waals surface area contributed by atoms with Gasteiger partial charge < -0.3 is 19.9 Å². The zero-order valence-corrected chi connectivity index (χ0v) is 15.2. The number of phenolic OH excluding ortho intramolecular Hbond substituents is 1. The Labute approximate surface area is 158 Å². The van der Waals surface area contributed by atoms with Gasteiger partial charge in [0.05, 0.1) is 7.11 Å². The van der Waals surface area contributed by atoms with Gasteiger partial charge in [-0.25, -0.2) is 0 Å². The molecule has 0 aliphatic rings. The van der Waals surface area contributed by atoms with Crippen LogP contribution in [0.5, 0.6) is 17.2 Å². The van der Waals surface area contributed by atoms with Gasteiger partial charge in [0.2, 0.25) is 0 Å². The SMILES string of the molecule is COc1cc(C(=O)Nc2cccc(O)c2)ccc1OCc1ccc(C)cc1. The minimum atomic E-state index is -0.302. The Morgan fingerprint density at radius 3 is 2.48 bits per heavy atom. The average Bonchev–Trinajstić information content (AvgIpc) is 2.67. The number of benzene rings is 3. The molecule has 3 rings (SSSR count). The lowest BCUT2D eigenvalue weighted by molar-refractivity contribution is 0.102. The van der Waals surface area contributed by atoms with Crippen molar-refractivity contribution in [2.24, 2.45) is 0 Å². The Balaban J connectivity index is 1.71. The molecule has 0 aromatic heterocycles. The second-order valence-electron chi connectivity index (χ2n) is 6.14. The largest absolute Gasteiger partial charge is 0.508 e. The van der Waals surface area contributed by atoms with E-state index in [9.17, 15) is 9.90 Å². The maximum absolute atomic E-state index is 12.4. The van der Waals surface area contributed by atoms with E-state index in [1.807, 2.05) is 31.2 Å². The first kappa shape index (κ1) is 18.3. The third-order valence-corrected chi connectivity index (χ3v) is 4.04. The molecule has 0 saturated carbocycles. The number of hydrogen-bond acceptors (Lipinski definition) is 4. The minimum Gasteiger partial charge on any atom is -0.508 e. The van der Waals surface area contributed by atoms with Crippen LogP contribution >= 0.6 is 0 Å². The molecule has 0 aliphatic heterocycles. The van der Waals surface area contributed by atoms with Crippen molar-refractivity contribution in [3.8, 4) is 17.2 Å². The number of nitrogens with one attached hydrogen (secondary N) is 1. The lowest BCUT2D eigenvalue weighted by atomic mass is 10.1. The summed E-state index contributed by atoms with van der Waals surface area (Å²) in [7, 11) is 1.53. The predicted molar refractivity (Wildman–Crippen MR) is 105 cm³/mol.